The molecule has 1 amide bonds. The van der Waals surface area contributed by atoms with Crippen LogP contribution in [0.2, 0.25) is 0 Å². The summed E-state index contributed by atoms with van der Waals surface area (Å²) in [6.45, 7) is 7.03. The van der Waals surface area contributed by atoms with E-state index in [1.165, 1.54) is 0 Å². The van der Waals surface area contributed by atoms with E-state index >= 15 is 0 Å². The van der Waals surface area contributed by atoms with Gasteiger partial charge in [-0.15, -0.1) is 0 Å². The Morgan fingerprint density at radius 3 is 1.90 bits per heavy atom. The van der Waals surface area contributed by atoms with E-state index in [9.17, 15) is 18.0 Å². The van der Waals surface area contributed by atoms with Gasteiger partial charge in [-0.2, -0.15) is 13.2 Å². The minimum absolute atomic E-state index is 0.103. The number of nitrogens with zero attached hydrogens (tertiary/aromatic N) is 2. The zero-order valence-electron chi connectivity index (χ0n) is 12.6. The smallest absolute Gasteiger partial charge is 0.368 e. The number of carbonyl (C=O) groups excluding carboxylic acids is 1. The molecule has 118 valence electrons. The van der Waals surface area contributed by atoms with Crippen molar-refractivity contribution in [1.82, 2.24) is 4.90 Å². The van der Waals surface area contributed by atoms with Gasteiger partial charge < -0.3 is 9.80 Å². The number of halogens is 3. The van der Waals surface area contributed by atoms with Gasteiger partial charge in [0, 0.05) is 31.9 Å². The largest absolute Gasteiger partial charge is 0.471 e. The highest BCUT2D eigenvalue weighted by Crippen LogP contribution is 2.21. The summed E-state index contributed by atoms with van der Waals surface area (Å²) in [5.41, 5.74) is 2.11. The molecule has 0 aromatic heterocycles. The summed E-state index contributed by atoms with van der Waals surface area (Å²) < 4.78 is 36.9. The number of carbonyl (C=O) groups is 1. The van der Waals surface area contributed by atoms with Gasteiger partial charge in [-0.05, 0) is 19.1 Å². The number of hydrogen-bond donors (Lipinski definition) is 0. The topological polar surface area (TPSA) is 23.6 Å². The maximum absolute atomic E-state index is 12.3. The molecule has 0 atom stereocenters. The normalized spacial score (nSPS) is 15.3. The van der Waals surface area contributed by atoms with Gasteiger partial charge in [0.05, 0.1) is 0 Å². The molecule has 1 saturated heterocycles. The van der Waals surface area contributed by atoms with E-state index in [4.69, 9.17) is 0 Å². The quantitative estimate of drug-likeness (QED) is 0.795. The van der Waals surface area contributed by atoms with E-state index in [0.29, 0.717) is 13.1 Å². The third kappa shape index (κ3) is 4.65. The third-order valence-corrected chi connectivity index (χ3v) is 3.21. The fourth-order valence-electron chi connectivity index (χ4n) is 2.10. The first-order valence-electron chi connectivity index (χ1n) is 7.05. The molecule has 1 aliphatic rings. The molecular weight excluding hydrogens is 281 g/mol. The van der Waals surface area contributed by atoms with Crippen molar-refractivity contribution in [3.05, 3.63) is 29.8 Å². The van der Waals surface area contributed by atoms with E-state index in [0.717, 1.165) is 16.2 Å². The van der Waals surface area contributed by atoms with Crippen molar-refractivity contribution in [2.45, 2.75) is 26.9 Å². The summed E-state index contributed by atoms with van der Waals surface area (Å²) in [6, 6.07) is 7.80. The number of anilines is 1. The number of alkyl halides is 3. The van der Waals surface area contributed by atoms with Crippen molar-refractivity contribution in [3.63, 3.8) is 0 Å². The first-order valence-corrected chi connectivity index (χ1v) is 7.05. The molecule has 1 heterocycles. The van der Waals surface area contributed by atoms with Crippen LogP contribution >= 0.6 is 0 Å². The van der Waals surface area contributed by atoms with Crippen molar-refractivity contribution in [2.24, 2.45) is 0 Å². The summed E-state index contributed by atoms with van der Waals surface area (Å²) in [7, 11) is 0. The Kier molecular flexibility index (Phi) is 6.05. The zero-order valence-corrected chi connectivity index (χ0v) is 12.6. The van der Waals surface area contributed by atoms with Crippen LogP contribution in [0.1, 0.15) is 19.4 Å². The first kappa shape index (κ1) is 17.3. The molecule has 1 aliphatic heterocycles. The summed E-state index contributed by atoms with van der Waals surface area (Å²) in [4.78, 5) is 13.9. The van der Waals surface area contributed by atoms with Crippen LogP contribution < -0.4 is 4.90 Å². The number of piperazine rings is 1. The molecule has 1 aromatic rings. The van der Waals surface area contributed by atoms with Crippen LogP contribution in [-0.4, -0.2) is 43.2 Å². The highest BCUT2D eigenvalue weighted by atomic mass is 19.4. The minimum Gasteiger partial charge on any atom is -0.368 e. The fourth-order valence-corrected chi connectivity index (χ4v) is 2.10. The highest BCUT2D eigenvalue weighted by Gasteiger charge is 2.43. The van der Waals surface area contributed by atoms with Crippen molar-refractivity contribution >= 4 is 11.6 Å². The van der Waals surface area contributed by atoms with Gasteiger partial charge in [0.25, 0.3) is 0 Å². The van der Waals surface area contributed by atoms with Crippen LogP contribution in [0.25, 0.3) is 0 Å². The lowest BCUT2D eigenvalue weighted by Gasteiger charge is -2.36. The molecule has 0 spiro atoms. The molecule has 3 nitrogen and oxygen atoms in total. The Hall–Kier alpha value is -1.72. The van der Waals surface area contributed by atoms with Gasteiger partial charge in [0.15, 0.2) is 0 Å². The fraction of sp³-hybridized carbons (Fsp3) is 0.533. The maximum Gasteiger partial charge on any atom is 0.471 e. The molecule has 2 rings (SSSR count). The number of rotatable bonds is 1. The van der Waals surface area contributed by atoms with E-state index in [1.807, 2.05) is 49.9 Å². The first-order chi connectivity index (χ1) is 9.88. The second kappa shape index (κ2) is 7.33. The van der Waals surface area contributed by atoms with E-state index in [2.05, 4.69) is 0 Å². The molecule has 0 bridgehead atoms. The van der Waals surface area contributed by atoms with Gasteiger partial charge in [0.1, 0.15) is 0 Å². The van der Waals surface area contributed by atoms with Gasteiger partial charge >= 0.3 is 12.1 Å². The van der Waals surface area contributed by atoms with Crippen LogP contribution in [0.5, 0.6) is 0 Å². The summed E-state index contributed by atoms with van der Waals surface area (Å²) in [5.74, 6) is -1.74. The maximum atomic E-state index is 12.3. The average Bonchev–Trinajstić information content (AvgIpc) is 2.49. The highest BCUT2D eigenvalue weighted by molar-refractivity contribution is 5.82. The monoisotopic (exact) mass is 302 g/mol. The van der Waals surface area contributed by atoms with Gasteiger partial charge in [-0.1, -0.05) is 31.5 Å². The predicted molar refractivity (Wildman–Crippen MR) is 77.4 cm³/mol. The van der Waals surface area contributed by atoms with E-state index < -0.39 is 12.1 Å². The van der Waals surface area contributed by atoms with Gasteiger partial charge in [0.2, 0.25) is 0 Å². The molecule has 1 aromatic carbocycles. The predicted octanol–water partition coefficient (Wildman–Crippen LogP) is 3.23. The molecule has 21 heavy (non-hydrogen) atoms. The van der Waals surface area contributed by atoms with Crippen LogP contribution in [0, 0.1) is 6.92 Å². The lowest BCUT2D eigenvalue weighted by Crippen LogP contribution is -2.52. The number of benzene rings is 1. The number of aryl methyl sites for hydroxylation is 1. The van der Waals surface area contributed by atoms with Crippen LogP contribution in [-0.2, 0) is 4.79 Å². The van der Waals surface area contributed by atoms with Crippen molar-refractivity contribution in [2.75, 3.05) is 31.1 Å². The van der Waals surface area contributed by atoms with Crippen molar-refractivity contribution < 1.29 is 18.0 Å². The Morgan fingerprint density at radius 1 is 1.00 bits per heavy atom. The SMILES string of the molecule is CC.Cc1ccc(N2CCN(C(=O)C(F)(F)F)CC2)cc1. The Morgan fingerprint density at radius 2 is 1.48 bits per heavy atom. The standard InChI is InChI=1S/C13H15F3N2O.C2H6/c1-10-2-4-11(5-3-10)17-6-8-18(9-7-17)12(19)13(14,15)16;1-2/h2-5H,6-9H2,1H3;1-2H3. The van der Waals surface area contributed by atoms with Crippen LogP contribution in [0.15, 0.2) is 24.3 Å². The van der Waals surface area contributed by atoms with Gasteiger partial charge in [-0.3, -0.25) is 4.79 Å². The lowest BCUT2D eigenvalue weighted by atomic mass is 10.2. The van der Waals surface area contributed by atoms with Crippen molar-refractivity contribution in [3.8, 4) is 0 Å². The molecule has 0 aliphatic carbocycles. The molecule has 1 fully saturated rings. The van der Waals surface area contributed by atoms with Crippen molar-refractivity contribution in [1.29, 1.82) is 0 Å². The minimum atomic E-state index is -4.77. The zero-order chi connectivity index (χ0) is 16.0. The Bertz CT molecular complexity index is 449. The molecule has 0 radical (unpaired) electrons. The number of amides is 1. The van der Waals surface area contributed by atoms with E-state index in [-0.39, 0.29) is 13.1 Å². The van der Waals surface area contributed by atoms with Crippen LogP contribution in [0.3, 0.4) is 0 Å². The Balaban J connectivity index is 0.00000106. The Labute approximate surface area is 123 Å². The van der Waals surface area contributed by atoms with E-state index in [1.54, 1.807) is 0 Å². The second-order valence-corrected chi connectivity index (χ2v) is 4.61. The number of hydrogen-bond acceptors (Lipinski definition) is 2. The second-order valence-electron chi connectivity index (χ2n) is 4.61. The lowest BCUT2D eigenvalue weighted by molar-refractivity contribution is -0.185. The van der Waals surface area contributed by atoms with Crippen LogP contribution in [0.4, 0.5) is 18.9 Å². The molecule has 0 saturated carbocycles. The summed E-state index contributed by atoms with van der Waals surface area (Å²) in [6.07, 6.45) is -4.77. The summed E-state index contributed by atoms with van der Waals surface area (Å²) >= 11 is 0. The molecule has 0 N–H and O–H groups in total. The van der Waals surface area contributed by atoms with Gasteiger partial charge in [-0.25, -0.2) is 0 Å². The molecular formula is C15H21F3N2O. The average molecular weight is 302 g/mol. The third-order valence-electron chi connectivity index (χ3n) is 3.21. The summed E-state index contributed by atoms with van der Waals surface area (Å²) in [5, 5.41) is 0. The molecule has 0 unspecified atom stereocenters. The molecule has 6 heteroatoms.